The second-order valence-corrected chi connectivity index (χ2v) is 6.84. The van der Waals surface area contributed by atoms with Crippen LogP contribution in [0.2, 0.25) is 0 Å². The maximum atomic E-state index is 12.3. The monoisotopic (exact) mass is 342 g/mol. The summed E-state index contributed by atoms with van der Waals surface area (Å²) in [6.45, 7) is 2.15. The first kappa shape index (κ1) is 15.1. The minimum Gasteiger partial charge on any atom is -0.467 e. The normalized spacial score (nSPS) is 15.8. The number of carbonyl (C=O) groups excluding carboxylic acids is 1. The molecule has 3 aromatic rings. The van der Waals surface area contributed by atoms with Crippen molar-refractivity contribution in [3.8, 4) is 0 Å². The molecule has 1 saturated heterocycles. The van der Waals surface area contributed by atoms with Gasteiger partial charge < -0.3 is 14.6 Å². The Kier molecular flexibility index (Phi) is 4.17. The summed E-state index contributed by atoms with van der Waals surface area (Å²) in [4.78, 5) is 24.5. The lowest BCUT2D eigenvalue weighted by atomic mass is 9.96. The summed E-state index contributed by atoms with van der Waals surface area (Å²) in [7, 11) is 0. The first-order valence-electron chi connectivity index (χ1n) is 8.06. The molecule has 1 aliphatic rings. The number of thiazole rings is 1. The maximum Gasteiger partial charge on any atom is 0.223 e. The number of amides is 1. The molecule has 0 unspecified atom stereocenters. The van der Waals surface area contributed by atoms with Crippen LogP contribution >= 0.6 is 11.3 Å². The van der Waals surface area contributed by atoms with Crippen molar-refractivity contribution in [3.05, 3.63) is 42.5 Å². The van der Waals surface area contributed by atoms with E-state index in [0.717, 1.165) is 47.2 Å². The molecule has 124 valence electrons. The lowest BCUT2D eigenvalue weighted by molar-refractivity contribution is -0.125. The molecule has 0 spiro atoms. The third-order valence-corrected chi connectivity index (χ3v) is 5.35. The van der Waals surface area contributed by atoms with Crippen LogP contribution in [0.4, 0.5) is 5.13 Å². The summed E-state index contributed by atoms with van der Waals surface area (Å²) in [5.41, 5.74) is 0.941. The fourth-order valence-corrected chi connectivity index (χ4v) is 3.92. The van der Waals surface area contributed by atoms with Crippen molar-refractivity contribution in [1.82, 2.24) is 15.3 Å². The van der Waals surface area contributed by atoms with Gasteiger partial charge in [-0.3, -0.25) is 4.79 Å². The highest BCUT2D eigenvalue weighted by Crippen LogP contribution is 2.30. The van der Waals surface area contributed by atoms with Crippen molar-refractivity contribution in [3.63, 3.8) is 0 Å². The largest absolute Gasteiger partial charge is 0.467 e. The zero-order valence-corrected chi connectivity index (χ0v) is 14.0. The highest BCUT2D eigenvalue weighted by Gasteiger charge is 2.26. The summed E-state index contributed by atoms with van der Waals surface area (Å²) >= 11 is 1.61. The van der Waals surface area contributed by atoms with Crippen molar-refractivity contribution < 1.29 is 9.21 Å². The molecule has 3 aromatic heterocycles. The van der Waals surface area contributed by atoms with Gasteiger partial charge in [0.25, 0.3) is 0 Å². The van der Waals surface area contributed by atoms with Crippen molar-refractivity contribution >= 4 is 32.7 Å². The van der Waals surface area contributed by atoms with E-state index in [1.165, 1.54) is 0 Å². The highest BCUT2D eigenvalue weighted by molar-refractivity contribution is 7.21. The number of fused-ring (bicyclic) bond motifs is 1. The van der Waals surface area contributed by atoms with Crippen molar-refractivity contribution in [1.29, 1.82) is 0 Å². The number of rotatable bonds is 4. The number of furan rings is 1. The van der Waals surface area contributed by atoms with Gasteiger partial charge in [-0.25, -0.2) is 9.97 Å². The Labute approximate surface area is 143 Å². The minimum atomic E-state index is 0.0590. The summed E-state index contributed by atoms with van der Waals surface area (Å²) in [5.74, 6) is 0.948. The van der Waals surface area contributed by atoms with Gasteiger partial charge in [0.1, 0.15) is 16.1 Å². The van der Waals surface area contributed by atoms with E-state index in [0.29, 0.717) is 6.54 Å². The van der Waals surface area contributed by atoms with Crippen LogP contribution in [0, 0.1) is 5.92 Å². The van der Waals surface area contributed by atoms with Crippen LogP contribution in [0.3, 0.4) is 0 Å². The van der Waals surface area contributed by atoms with Crippen LogP contribution in [-0.2, 0) is 11.3 Å². The number of carbonyl (C=O) groups is 1. The molecule has 1 aliphatic heterocycles. The second-order valence-electron chi connectivity index (χ2n) is 5.88. The van der Waals surface area contributed by atoms with E-state index in [1.54, 1.807) is 23.8 Å². The van der Waals surface area contributed by atoms with Crippen LogP contribution < -0.4 is 10.2 Å². The molecule has 24 heavy (non-hydrogen) atoms. The van der Waals surface area contributed by atoms with Gasteiger partial charge in [0.2, 0.25) is 5.91 Å². The molecule has 0 radical (unpaired) electrons. The molecule has 1 N–H and O–H groups in total. The van der Waals surface area contributed by atoms with E-state index < -0.39 is 0 Å². The van der Waals surface area contributed by atoms with Gasteiger partial charge in [-0.2, -0.15) is 0 Å². The minimum absolute atomic E-state index is 0.0590. The van der Waals surface area contributed by atoms with Gasteiger partial charge in [0, 0.05) is 25.2 Å². The van der Waals surface area contributed by atoms with E-state index in [1.807, 2.05) is 24.3 Å². The molecule has 1 amide bonds. The molecule has 0 saturated carbocycles. The van der Waals surface area contributed by atoms with Crippen molar-refractivity contribution in [2.45, 2.75) is 19.4 Å². The lowest BCUT2D eigenvalue weighted by Gasteiger charge is -2.30. The molecule has 0 atom stereocenters. The quantitative estimate of drug-likeness (QED) is 0.789. The zero-order chi connectivity index (χ0) is 16.4. The zero-order valence-electron chi connectivity index (χ0n) is 13.1. The molecule has 6 nitrogen and oxygen atoms in total. The molecular formula is C17H18N4O2S. The number of anilines is 1. The first-order valence-corrected chi connectivity index (χ1v) is 8.88. The number of pyridine rings is 1. The Balaban J connectivity index is 1.33. The third kappa shape index (κ3) is 3.12. The predicted molar refractivity (Wildman–Crippen MR) is 92.9 cm³/mol. The molecule has 7 heteroatoms. The van der Waals surface area contributed by atoms with Gasteiger partial charge in [0.15, 0.2) is 5.13 Å². The Bertz CT molecular complexity index is 789. The van der Waals surface area contributed by atoms with E-state index in [9.17, 15) is 4.79 Å². The third-order valence-electron chi connectivity index (χ3n) is 4.31. The standard InChI is InChI=1S/C17H18N4O2S/c22-15(19-11-13-3-2-10-23-13)12-5-8-21(9-6-12)17-20-14-4-1-7-18-16(14)24-17/h1-4,7,10,12H,5-6,8-9,11H2,(H,19,22). The van der Waals surface area contributed by atoms with Crippen LogP contribution in [-0.4, -0.2) is 29.0 Å². The van der Waals surface area contributed by atoms with Gasteiger partial charge in [-0.05, 0) is 37.1 Å². The first-order chi connectivity index (χ1) is 11.8. The molecule has 0 aliphatic carbocycles. The number of hydrogen-bond acceptors (Lipinski definition) is 6. The average Bonchev–Trinajstić information content (AvgIpc) is 3.29. The number of nitrogens with one attached hydrogen (secondary N) is 1. The van der Waals surface area contributed by atoms with Gasteiger partial charge in [-0.15, -0.1) is 0 Å². The summed E-state index contributed by atoms with van der Waals surface area (Å²) < 4.78 is 5.24. The smallest absolute Gasteiger partial charge is 0.223 e. The van der Waals surface area contributed by atoms with E-state index in [2.05, 4.69) is 20.2 Å². The summed E-state index contributed by atoms with van der Waals surface area (Å²) in [6.07, 6.45) is 5.09. The van der Waals surface area contributed by atoms with Crippen molar-refractivity contribution in [2.75, 3.05) is 18.0 Å². The summed E-state index contributed by atoms with van der Waals surface area (Å²) in [5, 5.41) is 3.95. The summed E-state index contributed by atoms with van der Waals surface area (Å²) in [6, 6.07) is 7.58. The maximum absolute atomic E-state index is 12.3. The van der Waals surface area contributed by atoms with Gasteiger partial charge in [-0.1, -0.05) is 11.3 Å². The molecule has 4 rings (SSSR count). The Morgan fingerprint density at radius 3 is 2.96 bits per heavy atom. The Morgan fingerprint density at radius 2 is 2.21 bits per heavy atom. The number of piperidine rings is 1. The van der Waals surface area contributed by atoms with E-state index in [-0.39, 0.29) is 11.8 Å². The Hall–Kier alpha value is -2.41. The average molecular weight is 342 g/mol. The number of hydrogen-bond donors (Lipinski definition) is 1. The Morgan fingerprint density at radius 1 is 1.33 bits per heavy atom. The predicted octanol–water partition coefficient (Wildman–Crippen LogP) is 2.82. The van der Waals surface area contributed by atoms with Crippen molar-refractivity contribution in [2.24, 2.45) is 5.92 Å². The van der Waals surface area contributed by atoms with Crippen LogP contribution in [0.25, 0.3) is 10.3 Å². The number of aromatic nitrogens is 2. The van der Waals surface area contributed by atoms with Crippen LogP contribution in [0.5, 0.6) is 0 Å². The SMILES string of the molecule is O=C(NCc1ccco1)C1CCN(c2nc3cccnc3s2)CC1. The topological polar surface area (TPSA) is 71.3 Å². The fraction of sp³-hybridized carbons (Fsp3) is 0.353. The van der Waals surface area contributed by atoms with E-state index in [4.69, 9.17) is 4.42 Å². The van der Waals surface area contributed by atoms with Gasteiger partial charge in [0.05, 0.1) is 12.8 Å². The number of nitrogens with zero attached hydrogens (tertiary/aromatic N) is 3. The second kappa shape index (κ2) is 6.60. The van der Waals surface area contributed by atoms with Crippen LogP contribution in [0.15, 0.2) is 41.1 Å². The van der Waals surface area contributed by atoms with Gasteiger partial charge >= 0.3 is 0 Å². The molecule has 0 bridgehead atoms. The van der Waals surface area contributed by atoms with E-state index >= 15 is 0 Å². The molecule has 1 fully saturated rings. The molecule has 0 aromatic carbocycles. The van der Waals surface area contributed by atoms with Crippen LogP contribution in [0.1, 0.15) is 18.6 Å². The fourth-order valence-electron chi connectivity index (χ4n) is 2.96. The molecular weight excluding hydrogens is 324 g/mol. The lowest BCUT2D eigenvalue weighted by Crippen LogP contribution is -2.40. The highest BCUT2D eigenvalue weighted by atomic mass is 32.1. The molecule has 4 heterocycles.